The van der Waals surface area contributed by atoms with Crippen LogP contribution in [-0.2, 0) is 4.79 Å². The van der Waals surface area contributed by atoms with Crippen molar-refractivity contribution in [2.24, 2.45) is 10.3 Å². The molecule has 0 aromatic rings. The molecule has 6 heteroatoms. The molecule has 68 valence electrons. The van der Waals surface area contributed by atoms with Gasteiger partial charge >= 0.3 is 5.97 Å². The Morgan fingerprint density at radius 2 is 2.42 bits per heavy atom. The van der Waals surface area contributed by atoms with Crippen LogP contribution in [0.25, 0.3) is 0 Å². The van der Waals surface area contributed by atoms with Crippen LogP contribution < -0.4 is 5.73 Å². The van der Waals surface area contributed by atoms with Gasteiger partial charge in [-0.25, -0.2) is 0 Å². The van der Waals surface area contributed by atoms with Crippen LogP contribution in [0.15, 0.2) is 16.2 Å². The number of nitrogens with zero attached hydrogens (tertiary/aromatic N) is 1. The highest BCUT2D eigenvalue weighted by Gasteiger charge is 2.07. The molecule has 1 atom stereocenters. The highest BCUT2D eigenvalue weighted by Crippen LogP contribution is 2.07. The lowest BCUT2D eigenvalue weighted by Gasteiger charge is -2.00. The topological polar surface area (TPSA) is 92.8 Å². The van der Waals surface area contributed by atoms with Gasteiger partial charge in [-0.1, -0.05) is 11.6 Å². The van der Waals surface area contributed by atoms with Crippen molar-refractivity contribution in [3.8, 4) is 0 Å². The number of nitroso groups, excluding NO2 is 1. The number of aliphatic carboxylic acids is 1. The van der Waals surface area contributed by atoms with Crippen LogP contribution in [0.3, 0.4) is 0 Å². The minimum Gasteiger partial charge on any atom is -0.480 e. The van der Waals surface area contributed by atoms with E-state index in [1.807, 2.05) is 0 Å². The first-order valence-electron chi connectivity index (χ1n) is 3.18. The Kier molecular flexibility index (Phi) is 5.31. The van der Waals surface area contributed by atoms with Gasteiger partial charge in [-0.05, 0) is 6.92 Å². The quantitative estimate of drug-likeness (QED) is 0.379. The molecule has 0 radical (unpaired) electrons. The van der Waals surface area contributed by atoms with Crippen LogP contribution in [0.4, 0.5) is 0 Å². The van der Waals surface area contributed by atoms with Gasteiger partial charge < -0.3 is 10.8 Å². The van der Waals surface area contributed by atoms with E-state index in [0.717, 1.165) is 17.5 Å². The van der Waals surface area contributed by atoms with Crippen molar-refractivity contribution in [1.29, 1.82) is 0 Å². The smallest absolute Gasteiger partial charge is 0.324 e. The summed E-state index contributed by atoms with van der Waals surface area (Å²) in [6.07, 6.45) is 1.39. The molecule has 0 aliphatic heterocycles. The first-order valence-corrected chi connectivity index (χ1v) is 4.12. The van der Waals surface area contributed by atoms with Crippen LogP contribution in [0.1, 0.15) is 6.92 Å². The minimum absolute atomic E-state index is 0.379. The molecule has 0 aromatic heterocycles. The van der Waals surface area contributed by atoms with Crippen molar-refractivity contribution in [3.63, 3.8) is 0 Å². The van der Waals surface area contributed by atoms with E-state index in [2.05, 4.69) is 4.58 Å². The van der Waals surface area contributed by atoms with E-state index < -0.39 is 12.0 Å². The molecule has 0 aliphatic carbocycles. The number of hydrogen-bond donors (Lipinski definition) is 2. The second kappa shape index (κ2) is 5.73. The number of carbonyl (C=O) groups is 1. The fourth-order valence-corrected chi connectivity index (χ4v) is 0.907. The highest BCUT2D eigenvalue weighted by molar-refractivity contribution is 7.98. The predicted octanol–water partition coefficient (Wildman–Crippen LogP) is 0.759. The molecule has 0 spiro atoms. The average Bonchev–Trinajstić information content (AvgIpc) is 2.00. The summed E-state index contributed by atoms with van der Waals surface area (Å²) in [6, 6.07) is -1.00. The van der Waals surface area contributed by atoms with Crippen LogP contribution >= 0.6 is 11.9 Å². The lowest BCUT2D eigenvalue weighted by atomic mass is 10.2. The number of carboxylic acids is 1. The molecule has 12 heavy (non-hydrogen) atoms. The largest absolute Gasteiger partial charge is 0.480 e. The standard InChI is InChI=1S/C6H10N2O3S/c1-4(3-12-8-11)2-5(7)6(9)10/h2,5H,3,7H2,1H3,(H,9,10)/t5-/m0/s1. The zero-order valence-electron chi connectivity index (χ0n) is 6.56. The van der Waals surface area contributed by atoms with E-state index in [1.54, 1.807) is 6.92 Å². The van der Waals surface area contributed by atoms with Gasteiger partial charge in [0.25, 0.3) is 0 Å². The average molecular weight is 190 g/mol. The fourth-order valence-electron chi connectivity index (χ4n) is 0.554. The van der Waals surface area contributed by atoms with Gasteiger partial charge in [-0.3, -0.25) is 4.79 Å². The van der Waals surface area contributed by atoms with E-state index in [0.29, 0.717) is 5.75 Å². The summed E-state index contributed by atoms with van der Waals surface area (Å²) in [5, 5.41) is 8.39. The third-order valence-electron chi connectivity index (χ3n) is 1.09. The molecule has 0 amide bonds. The van der Waals surface area contributed by atoms with Gasteiger partial charge in [-0.2, -0.15) is 0 Å². The molecule has 0 aromatic carbocycles. The van der Waals surface area contributed by atoms with E-state index in [9.17, 15) is 9.70 Å². The minimum atomic E-state index is -1.08. The third kappa shape index (κ3) is 4.86. The Morgan fingerprint density at radius 3 is 2.83 bits per heavy atom. The lowest BCUT2D eigenvalue weighted by molar-refractivity contribution is -0.137. The van der Waals surface area contributed by atoms with Crippen molar-refractivity contribution in [3.05, 3.63) is 16.6 Å². The Morgan fingerprint density at radius 1 is 1.83 bits per heavy atom. The van der Waals surface area contributed by atoms with Gasteiger partial charge in [0.15, 0.2) is 0 Å². The molecule has 0 aliphatic rings. The fraction of sp³-hybridized carbons (Fsp3) is 0.500. The first kappa shape index (κ1) is 11.1. The summed E-state index contributed by atoms with van der Waals surface area (Å²) in [4.78, 5) is 19.9. The summed E-state index contributed by atoms with van der Waals surface area (Å²) >= 11 is 0.823. The van der Waals surface area contributed by atoms with Crippen LogP contribution in [0.2, 0.25) is 0 Å². The normalized spacial score (nSPS) is 14.0. The predicted molar refractivity (Wildman–Crippen MR) is 47.6 cm³/mol. The molecule has 3 N–H and O–H groups in total. The number of carboxylic acid groups (broad SMARTS) is 1. The summed E-state index contributed by atoms with van der Waals surface area (Å²) in [5.74, 6) is -0.705. The van der Waals surface area contributed by atoms with E-state index in [1.165, 1.54) is 6.08 Å². The van der Waals surface area contributed by atoms with Crippen molar-refractivity contribution in [2.45, 2.75) is 13.0 Å². The van der Waals surface area contributed by atoms with Gasteiger partial charge in [-0.15, -0.1) is 4.91 Å². The van der Waals surface area contributed by atoms with E-state index in [-0.39, 0.29) is 0 Å². The number of rotatable bonds is 5. The van der Waals surface area contributed by atoms with Gasteiger partial charge in [0.05, 0.1) is 0 Å². The Hall–Kier alpha value is -0.880. The number of nitrogens with two attached hydrogens (primary N) is 1. The van der Waals surface area contributed by atoms with Crippen molar-refractivity contribution in [1.82, 2.24) is 0 Å². The molecule has 0 fully saturated rings. The van der Waals surface area contributed by atoms with Gasteiger partial charge in [0.2, 0.25) is 0 Å². The summed E-state index contributed by atoms with van der Waals surface area (Å²) in [7, 11) is 0. The summed E-state index contributed by atoms with van der Waals surface area (Å²) in [5.41, 5.74) is 5.93. The second-order valence-corrected chi connectivity index (χ2v) is 2.92. The zero-order valence-corrected chi connectivity index (χ0v) is 7.37. The maximum absolute atomic E-state index is 10.2. The van der Waals surface area contributed by atoms with Gasteiger partial charge in [0.1, 0.15) is 6.04 Å². The van der Waals surface area contributed by atoms with Crippen LogP contribution in [0.5, 0.6) is 0 Å². The molecule has 0 saturated heterocycles. The molecule has 0 heterocycles. The maximum atomic E-state index is 10.2. The lowest BCUT2D eigenvalue weighted by Crippen LogP contribution is -2.28. The van der Waals surface area contributed by atoms with Crippen LogP contribution in [0, 0.1) is 4.91 Å². The molecule has 0 rings (SSSR count). The molecule has 5 nitrogen and oxygen atoms in total. The molecule has 0 saturated carbocycles. The Bertz CT molecular complexity index is 205. The van der Waals surface area contributed by atoms with Crippen LogP contribution in [-0.4, -0.2) is 22.9 Å². The number of hydrogen-bond acceptors (Lipinski definition) is 5. The van der Waals surface area contributed by atoms with Crippen molar-refractivity contribution < 1.29 is 9.90 Å². The van der Waals surface area contributed by atoms with E-state index >= 15 is 0 Å². The molecule has 0 unspecified atom stereocenters. The SMILES string of the molecule is CC(=C[C@H](N)C(=O)O)CSN=O. The highest BCUT2D eigenvalue weighted by atomic mass is 32.2. The summed E-state index contributed by atoms with van der Waals surface area (Å²) < 4.78 is 2.57. The Balaban J connectivity index is 3.96. The van der Waals surface area contributed by atoms with E-state index in [4.69, 9.17) is 10.8 Å². The molecular formula is C6H10N2O3S. The molecular weight excluding hydrogens is 180 g/mol. The third-order valence-corrected chi connectivity index (χ3v) is 1.78. The first-order chi connectivity index (χ1) is 5.57. The monoisotopic (exact) mass is 190 g/mol. The van der Waals surface area contributed by atoms with Crippen molar-refractivity contribution in [2.75, 3.05) is 5.75 Å². The molecule has 0 bridgehead atoms. The Labute approximate surface area is 74.1 Å². The van der Waals surface area contributed by atoms with Crippen molar-refractivity contribution >= 4 is 17.9 Å². The van der Waals surface area contributed by atoms with Gasteiger partial charge in [0, 0.05) is 22.3 Å². The zero-order chi connectivity index (χ0) is 9.56. The second-order valence-electron chi connectivity index (χ2n) is 2.23. The maximum Gasteiger partial charge on any atom is 0.324 e. The summed E-state index contributed by atoms with van der Waals surface area (Å²) in [6.45, 7) is 1.70.